The topological polar surface area (TPSA) is 41.1 Å². The zero-order chi connectivity index (χ0) is 12.8. The maximum absolute atomic E-state index is 11.9. The Morgan fingerprint density at radius 2 is 2.22 bits per heavy atom. The van der Waals surface area contributed by atoms with Crippen LogP contribution >= 0.6 is 11.8 Å². The summed E-state index contributed by atoms with van der Waals surface area (Å²) in [5, 5.41) is 6.41. The number of hydrogen-bond donors (Lipinski definition) is 2. The number of thioether (sulfide) groups is 1. The molecule has 1 aliphatic heterocycles. The minimum Gasteiger partial charge on any atom is -0.352 e. The first-order chi connectivity index (χ1) is 8.79. The Morgan fingerprint density at radius 1 is 1.44 bits per heavy atom. The van der Waals surface area contributed by atoms with Crippen LogP contribution in [0.3, 0.4) is 0 Å². The van der Waals surface area contributed by atoms with Gasteiger partial charge in [-0.2, -0.15) is 0 Å². The van der Waals surface area contributed by atoms with E-state index in [1.807, 2.05) is 30.5 Å². The maximum atomic E-state index is 11.9. The van der Waals surface area contributed by atoms with E-state index < -0.39 is 0 Å². The van der Waals surface area contributed by atoms with Crippen molar-refractivity contribution in [2.75, 3.05) is 19.3 Å². The maximum Gasteiger partial charge on any atom is 0.251 e. The zero-order valence-electron chi connectivity index (χ0n) is 10.7. The standard InChI is InChI=1S/C14H20N2OS/c1-18-13-6-4-11(5-7-13)14(17)16-10-8-12-3-2-9-15-12/h4-7,12,15H,2-3,8-10H2,1H3,(H,16,17)/t12-/m1/s1. The molecular weight excluding hydrogens is 244 g/mol. The molecular formula is C14H20N2OS. The largest absolute Gasteiger partial charge is 0.352 e. The first-order valence-electron chi connectivity index (χ1n) is 6.45. The number of amides is 1. The normalized spacial score (nSPS) is 18.8. The van der Waals surface area contributed by atoms with Crippen LogP contribution in [0.4, 0.5) is 0 Å². The molecule has 0 bridgehead atoms. The summed E-state index contributed by atoms with van der Waals surface area (Å²) in [6.07, 6.45) is 5.55. The van der Waals surface area contributed by atoms with Crippen LogP contribution in [-0.4, -0.2) is 31.3 Å². The highest BCUT2D eigenvalue weighted by atomic mass is 32.2. The summed E-state index contributed by atoms with van der Waals surface area (Å²) >= 11 is 1.68. The Balaban J connectivity index is 1.76. The number of benzene rings is 1. The van der Waals surface area contributed by atoms with Crippen LogP contribution in [0.15, 0.2) is 29.2 Å². The van der Waals surface area contributed by atoms with E-state index in [1.165, 1.54) is 17.7 Å². The molecule has 4 heteroatoms. The van der Waals surface area contributed by atoms with E-state index in [0.29, 0.717) is 6.04 Å². The number of hydrogen-bond acceptors (Lipinski definition) is 3. The molecule has 98 valence electrons. The van der Waals surface area contributed by atoms with Gasteiger partial charge in [0.1, 0.15) is 0 Å². The molecule has 2 rings (SSSR count). The van der Waals surface area contributed by atoms with Gasteiger partial charge in [-0.3, -0.25) is 4.79 Å². The Hall–Kier alpha value is -1.00. The molecule has 0 aromatic heterocycles. The lowest BCUT2D eigenvalue weighted by Crippen LogP contribution is -2.30. The predicted octanol–water partition coefficient (Wildman–Crippen LogP) is 2.28. The average Bonchev–Trinajstić information content (AvgIpc) is 2.92. The highest BCUT2D eigenvalue weighted by molar-refractivity contribution is 7.98. The lowest BCUT2D eigenvalue weighted by Gasteiger charge is -2.10. The summed E-state index contributed by atoms with van der Waals surface area (Å²) < 4.78 is 0. The molecule has 1 amide bonds. The molecule has 3 nitrogen and oxygen atoms in total. The second-order valence-electron chi connectivity index (χ2n) is 4.57. The summed E-state index contributed by atoms with van der Waals surface area (Å²) in [4.78, 5) is 13.1. The molecule has 1 aliphatic rings. The second-order valence-corrected chi connectivity index (χ2v) is 5.45. The summed E-state index contributed by atoms with van der Waals surface area (Å²) in [5.74, 6) is 0.0284. The van der Waals surface area contributed by atoms with Crippen LogP contribution < -0.4 is 10.6 Å². The van der Waals surface area contributed by atoms with Crippen molar-refractivity contribution in [2.45, 2.75) is 30.2 Å². The number of rotatable bonds is 5. The SMILES string of the molecule is CSc1ccc(C(=O)NCC[C@H]2CCCN2)cc1. The van der Waals surface area contributed by atoms with Gasteiger partial charge in [0.2, 0.25) is 0 Å². The van der Waals surface area contributed by atoms with Gasteiger partial charge in [-0.1, -0.05) is 0 Å². The van der Waals surface area contributed by atoms with Gasteiger partial charge in [-0.25, -0.2) is 0 Å². The molecule has 1 heterocycles. The third kappa shape index (κ3) is 3.75. The summed E-state index contributed by atoms with van der Waals surface area (Å²) in [6, 6.07) is 8.32. The average molecular weight is 264 g/mol. The third-order valence-electron chi connectivity index (χ3n) is 3.29. The fraction of sp³-hybridized carbons (Fsp3) is 0.500. The monoisotopic (exact) mass is 264 g/mol. The van der Waals surface area contributed by atoms with E-state index in [-0.39, 0.29) is 5.91 Å². The van der Waals surface area contributed by atoms with E-state index >= 15 is 0 Å². The first kappa shape index (κ1) is 13.4. The molecule has 1 atom stereocenters. The van der Waals surface area contributed by atoms with Gasteiger partial charge in [0.25, 0.3) is 5.91 Å². The molecule has 1 fully saturated rings. The quantitative estimate of drug-likeness (QED) is 0.802. The van der Waals surface area contributed by atoms with Crippen LogP contribution in [0, 0.1) is 0 Å². The van der Waals surface area contributed by atoms with Gasteiger partial charge in [0, 0.05) is 23.0 Å². The molecule has 0 unspecified atom stereocenters. The highest BCUT2D eigenvalue weighted by Crippen LogP contribution is 2.14. The minimum absolute atomic E-state index is 0.0284. The van der Waals surface area contributed by atoms with Crippen LogP contribution in [0.1, 0.15) is 29.6 Å². The predicted molar refractivity (Wildman–Crippen MR) is 76.2 cm³/mol. The number of nitrogens with one attached hydrogen (secondary N) is 2. The lowest BCUT2D eigenvalue weighted by atomic mass is 10.1. The van der Waals surface area contributed by atoms with Crippen LogP contribution in [-0.2, 0) is 0 Å². The third-order valence-corrected chi connectivity index (χ3v) is 4.04. The van der Waals surface area contributed by atoms with Crippen molar-refractivity contribution in [3.63, 3.8) is 0 Å². The van der Waals surface area contributed by atoms with Crippen molar-refractivity contribution in [1.82, 2.24) is 10.6 Å². The number of carbonyl (C=O) groups is 1. The Morgan fingerprint density at radius 3 is 2.83 bits per heavy atom. The van der Waals surface area contributed by atoms with Crippen molar-refractivity contribution in [1.29, 1.82) is 0 Å². The molecule has 1 saturated heterocycles. The van der Waals surface area contributed by atoms with Crippen molar-refractivity contribution in [2.24, 2.45) is 0 Å². The first-order valence-corrected chi connectivity index (χ1v) is 7.67. The van der Waals surface area contributed by atoms with Crippen LogP contribution in [0.2, 0.25) is 0 Å². The Bertz CT molecular complexity index is 385. The van der Waals surface area contributed by atoms with E-state index in [1.54, 1.807) is 11.8 Å². The molecule has 0 saturated carbocycles. The van der Waals surface area contributed by atoms with Gasteiger partial charge in [-0.05, 0) is 56.3 Å². The lowest BCUT2D eigenvalue weighted by molar-refractivity contribution is 0.0952. The summed E-state index contributed by atoms with van der Waals surface area (Å²) in [7, 11) is 0. The molecule has 1 aromatic rings. The van der Waals surface area contributed by atoms with Gasteiger partial charge in [0.05, 0.1) is 0 Å². The molecule has 2 N–H and O–H groups in total. The Labute approximate surface area is 113 Å². The van der Waals surface area contributed by atoms with Crippen molar-refractivity contribution in [3.8, 4) is 0 Å². The summed E-state index contributed by atoms with van der Waals surface area (Å²) in [6.45, 7) is 1.87. The Kier molecular flexibility index (Phi) is 5.08. The van der Waals surface area contributed by atoms with E-state index in [9.17, 15) is 4.79 Å². The molecule has 18 heavy (non-hydrogen) atoms. The fourth-order valence-electron chi connectivity index (χ4n) is 2.21. The van der Waals surface area contributed by atoms with Gasteiger partial charge < -0.3 is 10.6 Å². The van der Waals surface area contributed by atoms with Crippen molar-refractivity contribution < 1.29 is 4.79 Å². The smallest absolute Gasteiger partial charge is 0.251 e. The molecule has 0 spiro atoms. The van der Waals surface area contributed by atoms with E-state index in [4.69, 9.17) is 0 Å². The van der Waals surface area contributed by atoms with E-state index in [0.717, 1.165) is 25.1 Å². The fourth-order valence-corrected chi connectivity index (χ4v) is 2.62. The molecule has 0 aliphatic carbocycles. The van der Waals surface area contributed by atoms with Crippen LogP contribution in [0.25, 0.3) is 0 Å². The van der Waals surface area contributed by atoms with Crippen LogP contribution in [0.5, 0.6) is 0 Å². The van der Waals surface area contributed by atoms with Crippen molar-refractivity contribution in [3.05, 3.63) is 29.8 Å². The van der Waals surface area contributed by atoms with Gasteiger partial charge >= 0.3 is 0 Å². The minimum atomic E-state index is 0.0284. The molecule has 0 radical (unpaired) electrons. The van der Waals surface area contributed by atoms with E-state index in [2.05, 4.69) is 10.6 Å². The second kappa shape index (κ2) is 6.81. The summed E-state index contributed by atoms with van der Waals surface area (Å²) in [5.41, 5.74) is 0.743. The van der Waals surface area contributed by atoms with Crippen molar-refractivity contribution >= 4 is 17.7 Å². The highest BCUT2D eigenvalue weighted by Gasteiger charge is 2.13. The zero-order valence-corrected chi connectivity index (χ0v) is 11.6. The molecule has 1 aromatic carbocycles. The van der Waals surface area contributed by atoms with Gasteiger partial charge in [0.15, 0.2) is 0 Å². The van der Waals surface area contributed by atoms with Gasteiger partial charge in [-0.15, -0.1) is 11.8 Å². The number of carbonyl (C=O) groups excluding carboxylic acids is 1.